The highest BCUT2D eigenvalue weighted by Gasteiger charge is 2.19. The Morgan fingerprint density at radius 1 is 1.25 bits per heavy atom. The van der Waals surface area contributed by atoms with Crippen LogP contribution >= 0.6 is 0 Å². The van der Waals surface area contributed by atoms with E-state index in [1.165, 1.54) is 10.9 Å². The third kappa shape index (κ3) is 2.40. The zero-order chi connectivity index (χ0) is 14.7. The van der Waals surface area contributed by atoms with Crippen LogP contribution in [-0.2, 0) is 13.1 Å². The Labute approximate surface area is 115 Å². The van der Waals surface area contributed by atoms with Crippen LogP contribution in [0.1, 0.15) is 34.8 Å². The van der Waals surface area contributed by atoms with Crippen LogP contribution in [0.25, 0.3) is 0 Å². The molecule has 20 heavy (non-hydrogen) atoms. The monoisotopic (exact) mass is 276 g/mol. The number of anilines is 1. The summed E-state index contributed by atoms with van der Waals surface area (Å²) in [6.07, 6.45) is 2.96. The van der Waals surface area contributed by atoms with Crippen LogP contribution in [0.5, 0.6) is 0 Å². The number of nitrogens with one attached hydrogen (secondary N) is 1. The van der Waals surface area contributed by atoms with E-state index in [1.54, 1.807) is 16.9 Å². The van der Waals surface area contributed by atoms with Crippen molar-refractivity contribution in [2.45, 2.75) is 26.9 Å². The highest BCUT2D eigenvalue weighted by molar-refractivity contribution is 6.07. The van der Waals surface area contributed by atoms with Crippen molar-refractivity contribution < 1.29 is 9.59 Å². The van der Waals surface area contributed by atoms with Crippen molar-refractivity contribution in [2.24, 2.45) is 5.73 Å². The molecule has 0 aliphatic rings. The second-order valence-electron chi connectivity index (χ2n) is 4.07. The van der Waals surface area contributed by atoms with Crippen LogP contribution in [0, 0.1) is 0 Å². The second-order valence-corrected chi connectivity index (χ2v) is 4.07. The number of carbonyl (C=O) groups excluding carboxylic acids is 2. The third-order valence-electron chi connectivity index (χ3n) is 2.87. The maximum Gasteiger partial charge on any atom is 0.274 e. The number of carbonyl (C=O) groups is 2. The summed E-state index contributed by atoms with van der Waals surface area (Å²) in [6, 6.07) is 1.60. The Bertz CT molecular complexity index is 642. The molecule has 2 aromatic heterocycles. The minimum Gasteiger partial charge on any atom is -0.364 e. The van der Waals surface area contributed by atoms with E-state index >= 15 is 0 Å². The molecule has 0 aromatic carbocycles. The van der Waals surface area contributed by atoms with Crippen LogP contribution in [0.3, 0.4) is 0 Å². The van der Waals surface area contributed by atoms with Crippen molar-refractivity contribution in [1.82, 2.24) is 19.6 Å². The zero-order valence-electron chi connectivity index (χ0n) is 11.3. The number of rotatable bonds is 5. The fourth-order valence-corrected chi connectivity index (χ4v) is 1.94. The molecule has 3 N–H and O–H groups in total. The Hall–Kier alpha value is -2.64. The summed E-state index contributed by atoms with van der Waals surface area (Å²) in [5.41, 5.74) is 6.21. The highest BCUT2D eigenvalue weighted by Crippen LogP contribution is 2.15. The van der Waals surface area contributed by atoms with Gasteiger partial charge in [0.25, 0.3) is 11.8 Å². The summed E-state index contributed by atoms with van der Waals surface area (Å²) in [5, 5.41) is 10.7. The summed E-state index contributed by atoms with van der Waals surface area (Å²) in [6.45, 7) is 4.78. The maximum absolute atomic E-state index is 12.2. The van der Waals surface area contributed by atoms with Gasteiger partial charge in [-0.25, -0.2) is 0 Å². The predicted octanol–water partition coefficient (Wildman–Crippen LogP) is 0.471. The molecule has 2 rings (SSSR count). The fraction of sp³-hybridized carbons (Fsp3) is 0.333. The summed E-state index contributed by atoms with van der Waals surface area (Å²) >= 11 is 0. The van der Waals surface area contributed by atoms with Crippen molar-refractivity contribution in [3.63, 3.8) is 0 Å². The van der Waals surface area contributed by atoms with Gasteiger partial charge in [-0.05, 0) is 19.9 Å². The molecular formula is C12H16N6O2. The number of primary amides is 1. The van der Waals surface area contributed by atoms with Crippen LogP contribution in [0.15, 0.2) is 18.5 Å². The molecule has 2 amide bonds. The summed E-state index contributed by atoms with van der Waals surface area (Å²) in [5.74, 6) is -0.994. The molecule has 0 radical (unpaired) electrons. The quantitative estimate of drug-likeness (QED) is 0.827. The summed E-state index contributed by atoms with van der Waals surface area (Å²) < 4.78 is 3.00. The number of aromatic nitrogens is 4. The van der Waals surface area contributed by atoms with Gasteiger partial charge in [0, 0.05) is 19.3 Å². The van der Waals surface area contributed by atoms with Gasteiger partial charge in [0.15, 0.2) is 0 Å². The minimum absolute atomic E-state index is 0.184. The van der Waals surface area contributed by atoms with Gasteiger partial charge in [-0.3, -0.25) is 19.0 Å². The van der Waals surface area contributed by atoms with E-state index in [9.17, 15) is 9.59 Å². The molecule has 2 heterocycles. The van der Waals surface area contributed by atoms with E-state index in [0.29, 0.717) is 24.5 Å². The normalized spacial score (nSPS) is 10.5. The smallest absolute Gasteiger partial charge is 0.274 e. The Kier molecular flexibility index (Phi) is 3.83. The molecule has 0 aliphatic carbocycles. The number of hydrogen-bond acceptors (Lipinski definition) is 4. The third-order valence-corrected chi connectivity index (χ3v) is 2.87. The van der Waals surface area contributed by atoms with E-state index in [4.69, 9.17) is 5.73 Å². The van der Waals surface area contributed by atoms with Gasteiger partial charge in [-0.15, -0.1) is 0 Å². The first-order chi connectivity index (χ1) is 9.58. The van der Waals surface area contributed by atoms with Crippen molar-refractivity contribution in [2.75, 3.05) is 5.32 Å². The lowest BCUT2D eigenvalue weighted by molar-refractivity contribution is 0.0991. The van der Waals surface area contributed by atoms with E-state index in [1.807, 2.05) is 13.8 Å². The van der Waals surface area contributed by atoms with E-state index in [-0.39, 0.29) is 11.6 Å². The summed E-state index contributed by atoms with van der Waals surface area (Å²) in [4.78, 5) is 23.6. The zero-order valence-corrected chi connectivity index (χ0v) is 11.3. The van der Waals surface area contributed by atoms with Gasteiger partial charge < -0.3 is 11.1 Å². The Morgan fingerprint density at radius 3 is 2.55 bits per heavy atom. The molecular weight excluding hydrogens is 260 g/mol. The molecule has 2 aromatic rings. The van der Waals surface area contributed by atoms with Gasteiger partial charge >= 0.3 is 0 Å². The van der Waals surface area contributed by atoms with E-state index in [0.717, 1.165) is 0 Å². The standard InChI is InChI=1S/C12H16N6O2/c1-3-17-9(5-6-14-17)12(20)16-8-7-15-18(4-2)10(8)11(13)19/h5-7H,3-4H2,1-2H3,(H2,13,19)(H,16,20). The molecule has 0 saturated carbocycles. The second kappa shape index (κ2) is 5.55. The first-order valence-corrected chi connectivity index (χ1v) is 6.27. The lowest BCUT2D eigenvalue weighted by Crippen LogP contribution is -2.22. The van der Waals surface area contributed by atoms with Gasteiger partial charge in [0.2, 0.25) is 0 Å². The lowest BCUT2D eigenvalue weighted by Gasteiger charge is -2.07. The van der Waals surface area contributed by atoms with Crippen molar-refractivity contribution in [3.8, 4) is 0 Å². The number of aryl methyl sites for hydroxylation is 2. The van der Waals surface area contributed by atoms with E-state index in [2.05, 4.69) is 15.5 Å². The largest absolute Gasteiger partial charge is 0.364 e. The number of hydrogen-bond donors (Lipinski definition) is 2. The predicted molar refractivity (Wildman–Crippen MR) is 72.3 cm³/mol. The van der Waals surface area contributed by atoms with Crippen LogP contribution in [-0.4, -0.2) is 31.4 Å². The molecule has 0 bridgehead atoms. The molecule has 0 atom stereocenters. The first-order valence-electron chi connectivity index (χ1n) is 6.27. The Balaban J connectivity index is 2.29. The molecule has 0 spiro atoms. The lowest BCUT2D eigenvalue weighted by atomic mass is 10.3. The molecule has 106 valence electrons. The Morgan fingerprint density at radius 2 is 1.95 bits per heavy atom. The average molecular weight is 276 g/mol. The van der Waals surface area contributed by atoms with Gasteiger partial charge in [0.1, 0.15) is 11.4 Å². The fourth-order valence-electron chi connectivity index (χ4n) is 1.94. The molecule has 8 nitrogen and oxygen atoms in total. The molecule has 0 saturated heterocycles. The number of amides is 2. The van der Waals surface area contributed by atoms with Crippen LogP contribution in [0.2, 0.25) is 0 Å². The number of nitrogens with two attached hydrogens (primary N) is 1. The van der Waals surface area contributed by atoms with Crippen molar-refractivity contribution >= 4 is 17.5 Å². The van der Waals surface area contributed by atoms with Crippen LogP contribution in [0.4, 0.5) is 5.69 Å². The van der Waals surface area contributed by atoms with Crippen molar-refractivity contribution in [1.29, 1.82) is 0 Å². The average Bonchev–Trinajstić information content (AvgIpc) is 3.03. The molecule has 8 heteroatoms. The molecule has 0 unspecified atom stereocenters. The van der Waals surface area contributed by atoms with Gasteiger partial charge in [0.05, 0.1) is 11.9 Å². The highest BCUT2D eigenvalue weighted by atomic mass is 16.2. The molecule has 0 aliphatic heterocycles. The van der Waals surface area contributed by atoms with Gasteiger partial charge in [-0.2, -0.15) is 10.2 Å². The van der Waals surface area contributed by atoms with Crippen molar-refractivity contribution in [3.05, 3.63) is 29.8 Å². The van der Waals surface area contributed by atoms with Crippen LogP contribution < -0.4 is 11.1 Å². The van der Waals surface area contributed by atoms with E-state index < -0.39 is 5.91 Å². The molecule has 0 fully saturated rings. The topological polar surface area (TPSA) is 108 Å². The maximum atomic E-state index is 12.2. The van der Waals surface area contributed by atoms with Gasteiger partial charge in [-0.1, -0.05) is 0 Å². The summed E-state index contributed by atoms with van der Waals surface area (Å²) in [7, 11) is 0. The first kappa shape index (κ1) is 13.8. The number of nitrogens with zero attached hydrogens (tertiary/aromatic N) is 4. The minimum atomic E-state index is -0.636. The SMILES string of the molecule is CCn1nccc1C(=O)Nc1cnn(CC)c1C(N)=O.